The van der Waals surface area contributed by atoms with Crippen molar-refractivity contribution >= 4 is 21.8 Å². The minimum Gasteiger partial charge on any atom is -0.333 e. The lowest BCUT2D eigenvalue weighted by Gasteiger charge is -2.21. The van der Waals surface area contributed by atoms with Crippen molar-refractivity contribution in [3.05, 3.63) is 63.9 Å². The number of halogens is 1. The number of benzene rings is 1. The first kappa shape index (κ1) is 14.7. The van der Waals surface area contributed by atoms with Crippen LogP contribution in [0.5, 0.6) is 0 Å². The summed E-state index contributed by atoms with van der Waals surface area (Å²) in [5, 5.41) is 0. The molecule has 1 amide bonds. The van der Waals surface area contributed by atoms with E-state index in [1.807, 2.05) is 25.1 Å². The molecule has 0 aliphatic carbocycles. The molecule has 0 bridgehead atoms. The van der Waals surface area contributed by atoms with Gasteiger partial charge in [0.25, 0.3) is 5.91 Å². The van der Waals surface area contributed by atoms with Crippen molar-refractivity contribution in [1.29, 1.82) is 0 Å². The number of nitrogens with zero attached hydrogens (tertiary/aromatic N) is 2. The Morgan fingerprint density at radius 1 is 1.25 bits per heavy atom. The van der Waals surface area contributed by atoms with Gasteiger partial charge in [-0.15, -0.1) is 0 Å². The highest BCUT2D eigenvalue weighted by Crippen LogP contribution is 2.14. The largest absolute Gasteiger partial charge is 0.333 e. The molecule has 0 saturated heterocycles. The van der Waals surface area contributed by atoms with Crippen LogP contribution < -0.4 is 0 Å². The molecule has 0 aliphatic heterocycles. The van der Waals surface area contributed by atoms with E-state index in [0.717, 1.165) is 4.47 Å². The van der Waals surface area contributed by atoms with Gasteiger partial charge in [0.15, 0.2) is 0 Å². The van der Waals surface area contributed by atoms with E-state index < -0.39 is 0 Å². The van der Waals surface area contributed by atoms with Crippen LogP contribution in [0.2, 0.25) is 0 Å². The molecule has 2 aromatic rings. The number of aryl methyl sites for hydroxylation is 1. The molecule has 3 nitrogen and oxygen atoms in total. The number of pyridine rings is 1. The number of carbonyl (C=O) groups excluding carboxylic acids is 1. The Labute approximate surface area is 127 Å². The number of amides is 1. The molecular weight excluding hydrogens is 316 g/mol. The quantitative estimate of drug-likeness (QED) is 0.852. The highest BCUT2D eigenvalue weighted by atomic mass is 79.9. The summed E-state index contributed by atoms with van der Waals surface area (Å²) in [6, 6.07) is 11.7. The van der Waals surface area contributed by atoms with E-state index in [1.54, 1.807) is 17.2 Å². The second kappa shape index (κ2) is 6.66. The van der Waals surface area contributed by atoms with Gasteiger partial charge >= 0.3 is 0 Å². The summed E-state index contributed by atoms with van der Waals surface area (Å²) in [6.45, 7) is 5.31. The Hall–Kier alpha value is -1.68. The Balaban J connectivity index is 2.18. The molecule has 0 fully saturated rings. The maximum atomic E-state index is 12.5. The van der Waals surface area contributed by atoms with Crippen LogP contribution >= 0.6 is 15.9 Å². The standard InChI is InChI=1S/C16H17BrN2O/c1-3-19(11-13-7-5-4-6-12(13)2)16(20)15-9-8-14(17)10-18-15/h4-10H,3,11H2,1-2H3. The zero-order chi connectivity index (χ0) is 14.5. The number of aromatic nitrogens is 1. The summed E-state index contributed by atoms with van der Waals surface area (Å²) in [5.74, 6) is -0.0387. The minimum absolute atomic E-state index is 0.0387. The van der Waals surface area contributed by atoms with Crippen LogP contribution in [0.3, 0.4) is 0 Å². The van der Waals surface area contributed by atoms with E-state index in [2.05, 4.69) is 40.0 Å². The molecule has 0 aliphatic rings. The molecule has 0 atom stereocenters. The smallest absolute Gasteiger partial charge is 0.272 e. The van der Waals surface area contributed by atoms with E-state index in [1.165, 1.54) is 11.1 Å². The zero-order valence-electron chi connectivity index (χ0n) is 11.6. The molecule has 4 heteroatoms. The SMILES string of the molecule is CCN(Cc1ccccc1C)C(=O)c1ccc(Br)cn1. The van der Waals surface area contributed by atoms with Gasteiger partial charge in [0, 0.05) is 23.8 Å². The van der Waals surface area contributed by atoms with Gasteiger partial charge in [-0.05, 0) is 53.0 Å². The number of rotatable bonds is 4. The van der Waals surface area contributed by atoms with Crippen molar-refractivity contribution < 1.29 is 4.79 Å². The molecule has 2 rings (SSSR count). The molecule has 0 unspecified atom stereocenters. The number of carbonyl (C=O) groups is 1. The predicted molar refractivity (Wildman–Crippen MR) is 83.5 cm³/mol. The lowest BCUT2D eigenvalue weighted by atomic mass is 10.1. The first-order valence-electron chi connectivity index (χ1n) is 6.57. The average molecular weight is 333 g/mol. The highest BCUT2D eigenvalue weighted by Gasteiger charge is 2.16. The summed E-state index contributed by atoms with van der Waals surface area (Å²) < 4.78 is 0.871. The van der Waals surface area contributed by atoms with Gasteiger partial charge in [0.1, 0.15) is 5.69 Å². The zero-order valence-corrected chi connectivity index (χ0v) is 13.2. The van der Waals surface area contributed by atoms with Crippen LogP contribution in [0.15, 0.2) is 47.1 Å². The third-order valence-electron chi connectivity index (χ3n) is 3.24. The second-order valence-corrected chi connectivity index (χ2v) is 5.52. The predicted octanol–water partition coefficient (Wildman–Crippen LogP) is 3.81. The van der Waals surface area contributed by atoms with E-state index in [9.17, 15) is 4.79 Å². The van der Waals surface area contributed by atoms with Crippen LogP contribution in [-0.4, -0.2) is 22.3 Å². The van der Waals surface area contributed by atoms with Crippen LogP contribution in [0.1, 0.15) is 28.5 Å². The summed E-state index contributed by atoms with van der Waals surface area (Å²) >= 11 is 3.32. The normalized spacial score (nSPS) is 10.3. The lowest BCUT2D eigenvalue weighted by Crippen LogP contribution is -2.31. The summed E-state index contributed by atoms with van der Waals surface area (Å²) in [6.07, 6.45) is 1.65. The van der Waals surface area contributed by atoms with Crippen molar-refractivity contribution in [2.24, 2.45) is 0 Å². The summed E-state index contributed by atoms with van der Waals surface area (Å²) in [7, 11) is 0. The molecule has 104 valence electrons. The molecular formula is C16H17BrN2O. The lowest BCUT2D eigenvalue weighted by molar-refractivity contribution is 0.0746. The topological polar surface area (TPSA) is 33.2 Å². The fraction of sp³-hybridized carbons (Fsp3) is 0.250. The van der Waals surface area contributed by atoms with Crippen molar-refractivity contribution in [2.45, 2.75) is 20.4 Å². The summed E-state index contributed by atoms with van der Waals surface area (Å²) in [4.78, 5) is 18.4. The van der Waals surface area contributed by atoms with Gasteiger partial charge in [0.2, 0.25) is 0 Å². The second-order valence-electron chi connectivity index (χ2n) is 4.61. The highest BCUT2D eigenvalue weighted by molar-refractivity contribution is 9.10. The Kier molecular flexibility index (Phi) is 4.90. The van der Waals surface area contributed by atoms with Crippen LogP contribution in [0, 0.1) is 6.92 Å². The molecule has 1 aromatic heterocycles. The van der Waals surface area contributed by atoms with E-state index in [-0.39, 0.29) is 5.91 Å². The molecule has 0 spiro atoms. The average Bonchev–Trinajstić information content (AvgIpc) is 2.46. The fourth-order valence-electron chi connectivity index (χ4n) is 1.98. The van der Waals surface area contributed by atoms with E-state index in [0.29, 0.717) is 18.8 Å². The van der Waals surface area contributed by atoms with Crippen LogP contribution in [-0.2, 0) is 6.54 Å². The molecule has 1 heterocycles. The van der Waals surface area contributed by atoms with E-state index >= 15 is 0 Å². The minimum atomic E-state index is -0.0387. The van der Waals surface area contributed by atoms with Crippen LogP contribution in [0.25, 0.3) is 0 Å². The van der Waals surface area contributed by atoms with Gasteiger partial charge in [0.05, 0.1) is 0 Å². The van der Waals surface area contributed by atoms with E-state index in [4.69, 9.17) is 0 Å². The molecule has 20 heavy (non-hydrogen) atoms. The van der Waals surface area contributed by atoms with Crippen LogP contribution in [0.4, 0.5) is 0 Å². The van der Waals surface area contributed by atoms with Gasteiger partial charge in [-0.3, -0.25) is 4.79 Å². The van der Waals surface area contributed by atoms with Gasteiger partial charge in [-0.25, -0.2) is 4.98 Å². The molecule has 0 saturated carbocycles. The molecule has 0 N–H and O–H groups in total. The molecule has 0 radical (unpaired) electrons. The van der Waals surface area contributed by atoms with Gasteiger partial charge in [-0.1, -0.05) is 24.3 Å². The molecule has 1 aromatic carbocycles. The van der Waals surface area contributed by atoms with Crippen molar-refractivity contribution in [3.63, 3.8) is 0 Å². The van der Waals surface area contributed by atoms with Crippen molar-refractivity contribution in [2.75, 3.05) is 6.54 Å². The maximum Gasteiger partial charge on any atom is 0.272 e. The van der Waals surface area contributed by atoms with Crippen molar-refractivity contribution in [1.82, 2.24) is 9.88 Å². The van der Waals surface area contributed by atoms with Gasteiger partial charge < -0.3 is 4.90 Å². The number of hydrogen-bond donors (Lipinski definition) is 0. The van der Waals surface area contributed by atoms with Gasteiger partial charge in [-0.2, -0.15) is 0 Å². The third kappa shape index (κ3) is 3.45. The summed E-state index contributed by atoms with van der Waals surface area (Å²) in [5.41, 5.74) is 2.84. The Morgan fingerprint density at radius 3 is 2.60 bits per heavy atom. The Bertz CT molecular complexity index is 596. The monoisotopic (exact) mass is 332 g/mol. The first-order valence-corrected chi connectivity index (χ1v) is 7.36. The third-order valence-corrected chi connectivity index (χ3v) is 3.71. The Morgan fingerprint density at radius 2 is 2.00 bits per heavy atom. The maximum absolute atomic E-state index is 12.5. The number of hydrogen-bond acceptors (Lipinski definition) is 2. The first-order chi connectivity index (χ1) is 9.61. The van der Waals surface area contributed by atoms with Crippen molar-refractivity contribution in [3.8, 4) is 0 Å². The fourth-order valence-corrected chi connectivity index (χ4v) is 2.22.